The van der Waals surface area contributed by atoms with Crippen LogP contribution in [0.1, 0.15) is 16.1 Å². The maximum atomic E-state index is 13.4. The van der Waals surface area contributed by atoms with Crippen molar-refractivity contribution in [2.45, 2.75) is 11.4 Å². The van der Waals surface area contributed by atoms with E-state index < -0.39 is 49.4 Å². The van der Waals surface area contributed by atoms with E-state index in [0.29, 0.717) is 13.2 Å². The fourth-order valence-corrected chi connectivity index (χ4v) is 7.54. The highest BCUT2D eigenvalue weighted by Gasteiger charge is 2.54. The number of fused-ring (bicyclic) bond motifs is 1. The molecule has 2 aliphatic heterocycles. The molecule has 2 aliphatic rings. The number of nitrogens with one attached hydrogen (secondary N) is 1. The molecule has 2 amide bonds. The van der Waals surface area contributed by atoms with E-state index in [4.69, 9.17) is 47.9 Å². The van der Waals surface area contributed by atoms with Crippen molar-refractivity contribution in [3.63, 3.8) is 0 Å². The summed E-state index contributed by atoms with van der Waals surface area (Å²) in [4.78, 5) is 57.4. The van der Waals surface area contributed by atoms with E-state index in [9.17, 15) is 28.8 Å². The second-order valence-electron chi connectivity index (χ2n) is 10.7. The van der Waals surface area contributed by atoms with E-state index in [1.54, 1.807) is 0 Å². The molecule has 53 heavy (non-hydrogen) atoms. The first-order valence-electron chi connectivity index (χ1n) is 15.5. The van der Waals surface area contributed by atoms with Gasteiger partial charge in [-0.15, -0.1) is 23.1 Å². The van der Waals surface area contributed by atoms with E-state index in [0.717, 1.165) is 48.0 Å². The van der Waals surface area contributed by atoms with Crippen LogP contribution in [-0.4, -0.2) is 131 Å². The van der Waals surface area contributed by atoms with Gasteiger partial charge in [0.2, 0.25) is 0 Å². The Hall–Kier alpha value is -4.05. The number of carbonyl (C=O) groups is 4. The number of benzene rings is 1. The van der Waals surface area contributed by atoms with Crippen molar-refractivity contribution in [2.24, 2.45) is 0 Å². The van der Waals surface area contributed by atoms with Gasteiger partial charge in [-0.05, 0) is 18.2 Å². The van der Waals surface area contributed by atoms with E-state index in [2.05, 4.69) is 10.3 Å². The zero-order chi connectivity index (χ0) is 38.5. The van der Waals surface area contributed by atoms with Gasteiger partial charge in [-0.1, -0.05) is 0 Å². The quantitative estimate of drug-likeness (QED) is 0.0386. The molecule has 0 bridgehead atoms. The number of β-lactam (4-membered cyclic amide) rings is 1. The monoisotopic (exact) mass is 802 g/mol. The molecule has 2 aromatic rings. The van der Waals surface area contributed by atoms with E-state index >= 15 is 0 Å². The molecular weight excluding hydrogens is 763 g/mol. The Morgan fingerprint density at radius 1 is 1.04 bits per heavy atom. The number of anilines is 1. The second kappa shape index (κ2) is 19.9. The number of nitrogens with zero attached hydrogens (tertiary/aromatic N) is 2. The van der Waals surface area contributed by atoms with Gasteiger partial charge in [-0.3, -0.25) is 19.1 Å². The SMILES string of the molecule is COCCOCOc1ccc(C(=O)OCC2=C(C(=O)O)N3C(=O)[C@@H](NC(=O)/C(=C\P(=O)(OC)OC)c4csc(N)n4)[C@H]3SC2)cc1OCOCCOC. The van der Waals surface area contributed by atoms with Gasteiger partial charge < -0.3 is 58.4 Å². The Morgan fingerprint density at radius 3 is 2.28 bits per heavy atom. The van der Waals surface area contributed by atoms with Crippen molar-refractivity contribution < 1.29 is 71.1 Å². The van der Waals surface area contributed by atoms with Gasteiger partial charge in [0.15, 0.2) is 30.2 Å². The first kappa shape index (κ1) is 41.7. The zero-order valence-corrected chi connectivity index (χ0v) is 31.6. The highest BCUT2D eigenvalue weighted by molar-refractivity contribution is 8.00. The highest BCUT2D eigenvalue weighted by Crippen LogP contribution is 2.50. The normalized spacial score (nSPS) is 17.2. The molecule has 4 rings (SSSR count). The van der Waals surface area contributed by atoms with Gasteiger partial charge in [0.05, 0.1) is 43.3 Å². The standard InChI is InChI=1S/C31H39N4O15PS2/c1-42-7-9-46-16-49-22-6-5-18(11-23(22)50-17-47-10-8-43-2)30(40)48-12-19-14-52-28-24(27(37)35(28)25(19)29(38)39)34-26(36)20(13-51(41,44-3)45-4)21-15-53-31(32)33-21/h5-6,11,13,15,24,28H,7-10,12,14,16-17H2,1-4H3,(H2,32,33)(H,34,36)(H,38,39)/b20-13-/t24-,28-/m1/s1. The number of esters is 1. The minimum Gasteiger partial charge on any atom is -0.477 e. The first-order valence-corrected chi connectivity index (χ1v) is 19.1. The molecule has 0 saturated carbocycles. The van der Waals surface area contributed by atoms with Crippen LogP contribution in [0, 0.1) is 0 Å². The number of carboxylic acid groups (broad SMARTS) is 1. The molecule has 1 fully saturated rings. The number of rotatable bonds is 22. The van der Waals surface area contributed by atoms with Crippen LogP contribution in [0.25, 0.3) is 5.57 Å². The molecule has 1 aromatic heterocycles. The number of aliphatic carboxylic acids is 1. The van der Waals surface area contributed by atoms with Crippen molar-refractivity contribution in [1.29, 1.82) is 0 Å². The van der Waals surface area contributed by atoms with Crippen molar-refractivity contribution in [1.82, 2.24) is 15.2 Å². The molecule has 290 valence electrons. The summed E-state index contributed by atoms with van der Waals surface area (Å²) < 4.78 is 60.1. The smallest absolute Gasteiger partial charge is 0.354 e. The van der Waals surface area contributed by atoms with Gasteiger partial charge in [-0.2, -0.15) is 0 Å². The number of carboxylic acids is 1. The van der Waals surface area contributed by atoms with Crippen molar-refractivity contribution >= 4 is 65.2 Å². The Kier molecular flexibility index (Phi) is 15.6. The van der Waals surface area contributed by atoms with Gasteiger partial charge >= 0.3 is 19.5 Å². The summed E-state index contributed by atoms with van der Waals surface area (Å²) in [6, 6.07) is 3.12. The summed E-state index contributed by atoms with van der Waals surface area (Å²) >= 11 is 2.18. The average molecular weight is 803 g/mol. The third-order valence-corrected chi connectivity index (χ3v) is 11.0. The lowest BCUT2D eigenvalue weighted by Crippen LogP contribution is -2.70. The number of thioether (sulfide) groups is 1. The number of nitrogen functional groups attached to an aromatic ring is 1. The van der Waals surface area contributed by atoms with Crippen LogP contribution >= 0.6 is 30.7 Å². The molecule has 0 aliphatic carbocycles. The number of methoxy groups -OCH3 is 2. The lowest BCUT2D eigenvalue weighted by Gasteiger charge is -2.49. The minimum absolute atomic E-state index is 0.0482. The van der Waals surface area contributed by atoms with Crippen LogP contribution in [0.15, 0.2) is 40.7 Å². The third-order valence-electron chi connectivity index (χ3n) is 7.39. The fourth-order valence-electron chi connectivity index (χ4n) is 4.72. The van der Waals surface area contributed by atoms with E-state index in [1.165, 1.54) is 37.8 Å². The Labute approximate surface area is 312 Å². The summed E-state index contributed by atoms with van der Waals surface area (Å²) in [5, 5.41) is 13.4. The van der Waals surface area contributed by atoms with Crippen LogP contribution in [0.4, 0.5) is 5.13 Å². The summed E-state index contributed by atoms with van der Waals surface area (Å²) in [5.41, 5.74) is 5.41. The molecule has 19 nitrogen and oxygen atoms in total. The number of carbonyl (C=O) groups excluding carboxylic acids is 3. The van der Waals surface area contributed by atoms with Crippen LogP contribution in [-0.2, 0) is 51.7 Å². The Balaban J connectivity index is 1.45. The summed E-state index contributed by atoms with van der Waals surface area (Å²) in [5.74, 6) is -2.40. The molecule has 4 N–H and O–H groups in total. The maximum absolute atomic E-state index is 13.4. The lowest BCUT2D eigenvalue weighted by atomic mass is 10.0. The number of amides is 2. The molecule has 2 atom stereocenters. The molecule has 22 heteroatoms. The van der Waals surface area contributed by atoms with Crippen LogP contribution in [0.5, 0.6) is 11.5 Å². The average Bonchev–Trinajstić information content (AvgIpc) is 3.59. The minimum atomic E-state index is -3.88. The Morgan fingerprint density at radius 2 is 1.70 bits per heavy atom. The molecule has 1 saturated heterocycles. The molecule has 3 heterocycles. The maximum Gasteiger partial charge on any atom is 0.354 e. The second-order valence-corrected chi connectivity index (χ2v) is 14.8. The molecule has 0 unspecified atom stereocenters. The third kappa shape index (κ3) is 10.8. The topological polar surface area (TPSA) is 243 Å². The number of hydrogen-bond acceptors (Lipinski definition) is 18. The number of ether oxygens (including phenoxy) is 7. The zero-order valence-electron chi connectivity index (χ0n) is 29.1. The highest BCUT2D eigenvalue weighted by atomic mass is 32.2. The van der Waals surface area contributed by atoms with Gasteiger partial charge in [0, 0.05) is 51.0 Å². The van der Waals surface area contributed by atoms with Gasteiger partial charge in [0.25, 0.3) is 11.8 Å². The van der Waals surface area contributed by atoms with Crippen molar-refractivity contribution in [2.75, 3.05) is 86.5 Å². The molecule has 0 radical (unpaired) electrons. The number of hydrogen-bond donors (Lipinski definition) is 3. The first-order chi connectivity index (χ1) is 25.5. The number of nitrogens with two attached hydrogens (primary N) is 1. The lowest BCUT2D eigenvalue weighted by molar-refractivity contribution is -0.150. The molecular formula is C31H39N4O15PS2. The van der Waals surface area contributed by atoms with Crippen LogP contribution in [0.2, 0.25) is 0 Å². The van der Waals surface area contributed by atoms with E-state index in [-0.39, 0.29) is 77.3 Å². The molecule has 0 spiro atoms. The van der Waals surface area contributed by atoms with Crippen molar-refractivity contribution in [3.8, 4) is 11.5 Å². The van der Waals surface area contributed by atoms with Gasteiger partial charge in [0.1, 0.15) is 23.7 Å². The van der Waals surface area contributed by atoms with Crippen LogP contribution in [0.3, 0.4) is 0 Å². The summed E-state index contributed by atoms with van der Waals surface area (Å²) in [6.45, 7) is 0.495. The predicted octanol–water partition coefficient (Wildman–Crippen LogP) is 2.15. The number of aromatic nitrogens is 1. The van der Waals surface area contributed by atoms with E-state index in [1.807, 2.05) is 0 Å². The Bertz CT molecular complexity index is 1740. The summed E-state index contributed by atoms with van der Waals surface area (Å²) in [6.07, 6.45) is 0. The number of thiazole rings is 1. The van der Waals surface area contributed by atoms with Gasteiger partial charge in [-0.25, -0.2) is 14.6 Å². The largest absolute Gasteiger partial charge is 0.477 e. The van der Waals surface area contributed by atoms with Crippen molar-refractivity contribution in [3.05, 3.63) is 51.9 Å². The summed E-state index contributed by atoms with van der Waals surface area (Å²) in [7, 11) is 1.45. The fraction of sp³-hybridized carbons (Fsp3) is 0.452. The molecule has 1 aromatic carbocycles. The van der Waals surface area contributed by atoms with Crippen LogP contribution < -0.4 is 20.5 Å². The predicted molar refractivity (Wildman–Crippen MR) is 189 cm³/mol.